The van der Waals surface area contributed by atoms with E-state index in [2.05, 4.69) is 10.4 Å². The molecule has 0 saturated heterocycles. The van der Waals surface area contributed by atoms with Gasteiger partial charge in [0.1, 0.15) is 0 Å². The number of ether oxygens (including phenoxy) is 1. The standard InChI is InChI=1S/C14H18FN3O2/c1-2-20-14-5-4-11(8-13(14)15)16-9-12(19)10-18-7-3-6-17-18/h3-8,12,16,19H,2,9-10H2,1H3. The molecule has 20 heavy (non-hydrogen) atoms. The number of hydrogen-bond donors (Lipinski definition) is 2. The van der Waals surface area contributed by atoms with Gasteiger partial charge in [0.25, 0.3) is 0 Å². The van der Waals surface area contributed by atoms with Gasteiger partial charge in [-0.3, -0.25) is 4.68 Å². The van der Waals surface area contributed by atoms with Crippen molar-refractivity contribution in [3.05, 3.63) is 42.5 Å². The minimum atomic E-state index is -0.607. The van der Waals surface area contributed by atoms with Gasteiger partial charge in [-0.1, -0.05) is 0 Å². The Hall–Kier alpha value is -2.08. The lowest BCUT2D eigenvalue weighted by Gasteiger charge is -2.13. The summed E-state index contributed by atoms with van der Waals surface area (Å²) in [5.74, 6) is -0.187. The highest BCUT2D eigenvalue weighted by Gasteiger charge is 2.07. The van der Waals surface area contributed by atoms with E-state index in [0.717, 1.165) is 0 Å². The third-order valence-corrected chi connectivity index (χ3v) is 2.73. The van der Waals surface area contributed by atoms with E-state index >= 15 is 0 Å². The third-order valence-electron chi connectivity index (χ3n) is 2.73. The molecule has 108 valence electrons. The normalized spacial score (nSPS) is 12.2. The van der Waals surface area contributed by atoms with Gasteiger partial charge in [0.05, 0.1) is 19.3 Å². The van der Waals surface area contributed by atoms with E-state index in [0.29, 0.717) is 25.4 Å². The van der Waals surface area contributed by atoms with Crippen molar-refractivity contribution in [2.45, 2.75) is 19.6 Å². The van der Waals surface area contributed by atoms with Crippen LogP contribution in [0.2, 0.25) is 0 Å². The molecule has 2 aromatic rings. The minimum absolute atomic E-state index is 0.232. The molecule has 1 aromatic heterocycles. The summed E-state index contributed by atoms with van der Waals surface area (Å²) < 4.78 is 20.4. The fourth-order valence-corrected chi connectivity index (χ4v) is 1.81. The second-order valence-electron chi connectivity index (χ2n) is 4.34. The fraction of sp³-hybridized carbons (Fsp3) is 0.357. The number of aromatic nitrogens is 2. The van der Waals surface area contributed by atoms with Crippen LogP contribution >= 0.6 is 0 Å². The van der Waals surface area contributed by atoms with Crippen molar-refractivity contribution >= 4 is 5.69 Å². The second kappa shape index (κ2) is 6.91. The Morgan fingerprint density at radius 1 is 1.50 bits per heavy atom. The van der Waals surface area contributed by atoms with Crippen LogP contribution in [0.1, 0.15) is 6.92 Å². The molecule has 0 radical (unpaired) electrons. The SMILES string of the molecule is CCOc1ccc(NCC(O)Cn2cccn2)cc1F. The molecule has 1 atom stereocenters. The van der Waals surface area contributed by atoms with Crippen LogP contribution in [0.25, 0.3) is 0 Å². The van der Waals surface area contributed by atoms with Crippen molar-refractivity contribution in [3.63, 3.8) is 0 Å². The predicted molar refractivity (Wildman–Crippen MR) is 74.3 cm³/mol. The Labute approximate surface area is 117 Å². The topological polar surface area (TPSA) is 59.3 Å². The highest BCUT2D eigenvalue weighted by molar-refractivity contribution is 5.47. The van der Waals surface area contributed by atoms with Gasteiger partial charge in [-0.15, -0.1) is 0 Å². The summed E-state index contributed by atoms with van der Waals surface area (Å²) in [6.45, 7) is 2.93. The Morgan fingerprint density at radius 2 is 2.35 bits per heavy atom. The molecule has 2 rings (SSSR count). The zero-order valence-corrected chi connectivity index (χ0v) is 11.3. The highest BCUT2D eigenvalue weighted by Crippen LogP contribution is 2.21. The van der Waals surface area contributed by atoms with Gasteiger partial charge in [-0.05, 0) is 25.1 Å². The summed E-state index contributed by atoms with van der Waals surface area (Å²) in [4.78, 5) is 0. The molecule has 1 aromatic carbocycles. The number of nitrogens with one attached hydrogen (secondary N) is 1. The Bertz CT molecular complexity index is 531. The third kappa shape index (κ3) is 3.96. The Balaban J connectivity index is 1.85. The fourth-order valence-electron chi connectivity index (χ4n) is 1.81. The van der Waals surface area contributed by atoms with Crippen LogP contribution in [0.5, 0.6) is 5.75 Å². The first kappa shape index (κ1) is 14.3. The van der Waals surface area contributed by atoms with Crippen LogP contribution in [-0.2, 0) is 6.54 Å². The maximum atomic E-state index is 13.6. The van der Waals surface area contributed by atoms with Gasteiger partial charge >= 0.3 is 0 Å². The number of halogens is 1. The molecule has 0 aliphatic heterocycles. The molecule has 1 unspecified atom stereocenters. The maximum Gasteiger partial charge on any atom is 0.167 e. The summed E-state index contributed by atoms with van der Waals surface area (Å²) >= 11 is 0. The van der Waals surface area contributed by atoms with Crippen LogP contribution in [-0.4, -0.2) is 34.1 Å². The van der Waals surface area contributed by atoms with Crippen LogP contribution in [0.3, 0.4) is 0 Å². The first-order chi connectivity index (χ1) is 9.69. The molecular formula is C14H18FN3O2. The number of nitrogens with zero attached hydrogens (tertiary/aromatic N) is 2. The minimum Gasteiger partial charge on any atom is -0.491 e. The van der Waals surface area contributed by atoms with Crippen molar-refractivity contribution in [2.24, 2.45) is 0 Å². The molecule has 0 spiro atoms. The van der Waals surface area contributed by atoms with Crippen molar-refractivity contribution in [1.29, 1.82) is 0 Å². The number of hydrogen-bond acceptors (Lipinski definition) is 4. The summed E-state index contributed by atoms with van der Waals surface area (Å²) in [7, 11) is 0. The number of benzene rings is 1. The van der Waals surface area contributed by atoms with E-state index < -0.39 is 11.9 Å². The van der Waals surface area contributed by atoms with E-state index in [4.69, 9.17) is 4.74 Å². The lowest BCUT2D eigenvalue weighted by Crippen LogP contribution is -2.25. The van der Waals surface area contributed by atoms with Gasteiger partial charge in [-0.25, -0.2) is 4.39 Å². The molecule has 0 aliphatic carbocycles. The van der Waals surface area contributed by atoms with Crippen LogP contribution in [0.15, 0.2) is 36.7 Å². The van der Waals surface area contributed by atoms with Gasteiger partial charge in [0.2, 0.25) is 0 Å². The molecule has 0 fully saturated rings. The molecule has 0 bridgehead atoms. The number of aliphatic hydroxyl groups excluding tert-OH is 1. The van der Waals surface area contributed by atoms with E-state index in [9.17, 15) is 9.50 Å². The molecule has 2 N–H and O–H groups in total. The molecular weight excluding hydrogens is 261 g/mol. The lowest BCUT2D eigenvalue weighted by molar-refractivity contribution is 0.161. The Kier molecular flexibility index (Phi) is 4.95. The van der Waals surface area contributed by atoms with Crippen molar-refractivity contribution in [2.75, 3.05) is 18.5 Å². The van der Waals surface area contributed by atoms with Gasteiger partial charge in [-0.2, -0.15) is 5.10 Å². The van der Waals surface area contributed by atoms with Crippen molar-refractivity contribution in [1.82, 2.24) is 9.78 Å². The van der Waals surface area contributed by atoms with Crippen LogP contribution in [0, 0.1) is 5.82 Å². The second-order valence-corrected chi connectivity index (χ2v) is 4.34. The quantitative estimate of drug-likeness (QED) is 0.812. The summed E-state index contributed by atoms with van der Waals surface area (Å²) in [5.41, 5.74) is 0.602. The van der Waals surface area contributed by atoms with Gasteiger partial charge in [0.15, 0.2) is 11.6 Å². The molecule has 5 nitrogen and oxygen atoms in total. The first-order valence-electron chi connectivity index (χ1n) is 6.50. The molecule has 6 heteroatoms. The first-order valence-corrected chi connectivity index (χ1v) is 6.50. The number of rotatable bonds is 7. The summed E-state index contributed by atoms with van der Waals surface area (Å²) in [5, 5.41) is 16.8. The average Bonchev–Trinajstić information content (AvgIpc) is 2.92. The van der Waals surface area contributed by atoms with Crippen molar-refractivity contribution in [3.8, 4) is 5.75 Å². The van der Waals surface area contributed by atoms with Gasteiger partial charge in [0, 0.05) is 30.7 Å². The van der Waals surface area contributed by atoms with Crippen LogP contribution in [0.4, 0.5) is 10.1 Å². The van der Waals surface area contributed by atoms with Crippen LogP contribution < -0.4 is 10.1 Å². The highest BCUT2D eigenvalue weighted by atomic mass is 19.1. The predicted octanol–water partition coefficient (Wildman–Crippen LogP) is 1.89. The van der Waals surface area contributed by atoms with E-state index in [-0.39, 0.29) is 5.75 Å². The average molecular weight is 279 g/mol. The zero-order valence-electron chi connectivity index (χ0n) is 11.3. The Morgan fingerprint density at radius 3 is 3.00 bits per heavy atom. The number of anilines is 1. The van der Waals surface area contributed by atoms with E-state index in [1.807, 2.05) is 0 Å². The van der Waals surface area contributed by atoms with Crippen molar-refractivity contribution < 1.29 is 14.2 Å². The summed E-state index contributed by atoms with van der Waals surface area (Å²) in [6.07, 6.45) is 2.83. The van der Waals surface area contributed by atoms with E-state index in [1.165, 1.54) is 6.07 Å². The molecule has 0 amide bonds. The largest absolute Gasteiger partial charge is 0.491 e. The smallest absolute Gasteiger partial charge is 0.167 e. The molecule has 0 saturated carbocycles. The number of aliphatic hydroxyl groups is 1. The zero-order chi connectivity index (χ0) is 14.4. The molecule has 0 aliphatic rings. The lowest BCUT2D eigenvalue weighted by atomic mass is 10.2. The van der Waals surface area contributed by atoms with Gasteiger partial charge < -0.3 is 15.2 Å². The monoisotopic (exact) mass is 279 g/mol. The molecule has 1 heterocycles. The van der Waals surface area contributed by atoms with E-state index in [1.54, 1.807) is 42.2 Å². The maximum absolute atomic E-state index is 13.6. The summed E-state index contributed by atoms with van der Waals surface area (Å²) in [6, 6.07) is 6.43.